The number of amides is 3. The second-order valence-corrected chi connectivity index (χ2v) is 7.27. The van der Waals surface area contributed by atoms with Gasteiger partial charge in [-0.3, -0.25) is 24.6 Å². The van der Waals surface area contributed by atoms with Crippen LogP contribution in [0.2, 0.25) is 0 Å². The van der Waals surface area contributed by atoms with Crippen molar-refractivity contribution in [1.82, 2.24) is 10.2 Å². The van der Waals surface area contributed by atoms with Gasteiger partial charge in [0.15, 0.2) is 0 Å². The molecule has 1 aromatic heterocycles. The molecular formula is C13H14BrN3O3S. The van der Waals surface area contributed by atoms with Crippen LogP contribution in [-0.2, 0) is 14.4 Å². The number of hydrogen-bond acceptors (Lipinski definition) is 5. The van der Waals surface area contributed by atoms with Crippen LogP contribution in [0.5, 0.6) is 0 Å². The molecule has 2 rings (SSSR count). The van der Waals surface area contributed by atoms with E-state index in [4.69, 9.17) is 0 Å². The average Bonchev–Trinajstić information content (AvgIpc) is 2.71. The summed E-state index contributed by atoms with van der Waals surface area (Å²) in [6.07, 6.45) is 1.11. The monoisotopic (exact) mass is 371 g/mol. The highest BCUT2D eigenvalue weighted by atomic mass is 79.9. The first-order valence-corrected chi connectivity index (χ1v) is 7.92. The molecule has 21 heavy (non-hydrogen) atoms. The zero-order chi connectivity index (χ0) is 15.6. The van der Waals surface area contributed by atoms with Gasteiger partial charge in [0.2, 0.25) is 18.2 Å². The number of halogens is 1. The van der Waals surface area contributed by atoms with E-state index in [2.05, 4.69) is 26.2 Å². The summed E-state index contributed by atoms with van der Waals surface area (Å²) < 4.78 is 0.949. The van der Waals surface area contributed by atoms with Crippen LogP contribution in [0.25, 0.3) is 0 Å². The lowest BCUT2D eigenvalue weighted by Gasteiger charge is -2.29. The molecule has 3 amide bonds. The predicted molar refractivity (Wildman–Crippen MR) is 83.6 cm³/mol. The molecule has 1 fully saturated rings. The topological polar surface area (TPSA) is 78.8 Å². The van der Waals surface area contributed by atoms with Gasteiger partial charge >= 0.3 is 0 Å². The number of aliphatic imine (C=N–C) groups is 1. The van der Waals surface area contributed by atoms with Gasteiger partial charge in [0.1, 0.15) is 11.9 Å². The number of hydrogen-bond donors (Lipinski definition) is 1. The van der Waals surface area contributed by atoms with Crippen LogP contribution in [0.1, 0.15) is 24.6 Å². The van der Waals surface area contributed by atoms with Gasteiger partial charge < -0.3 is 0 Å². The Labute approximate surface area is 134 Å². The molecule has 0 spiro atoms. The SMILES string of the molecule is C/C(=N/c1cc(Br)sc1C)N(C=O)C1CCC(=O)NC1=O. The number of aryl methyl sites for hydroxylation is 1. The molecule has 1 aromatic rings. The Morgan fingerprint density at radius 1 is 1.57 bits per heavy atom. The number of nitrogens with zero attached hydrogens (tertiary/aromatic N) is 2. The Morgan fingerprint density at radius 3 is 2.81 bits per heavy atom. The van der Waals surface area contributed by atoms with Gasteiger partial charge in [0.25, 0.3) is 0 Å². The first kappa shape index (κ1) is 15.8. The minimum absolute atomic E-state index is 0.219. The lowest BCUT2D eigenvalue weighted by Crippen LogP contribution is -2.53. The number of amidine groups is 1. The maximum absolute atomic E-state index is 11.8. The molecule has 1 unspecified atom stereocenters. The zero-order valence-corrected chi connectivity index (χ0v) is 14.0. The molecule has 0 aliphatic carbocycles. The standard InChI is InChI=1S/C13H14BrN3O3S/c1-7-9(5-11(14)21-7)15-8(2)17(6-18)10-3-4-12(19)16-13(10)20/h5-6,10H,3-4H2,1-2H3,(H,16,19,20)/b15-8-. The van der Waals surface area contributed by atoms with E-state index >= 15 is 0 Å². The van der Waals surface area contributed by atoms with Gasteiger partial charge in [-0.05, 0) is 42.3 Å². The summed E-state index contributed by atoms with van der Waals surface area (Å²) >= 11 is 4.93. The van der Waals surface area contributed by atoms with E-state index < -0.39 is 11.9 Å². The summed E-state index contributed by atoms with van der Waals surface area (Å²) in [6.45, 7) is 3.60. The van der Waals surface area contributed by atoms with Gasteiger partial charge in [-0.2, -0.15) is 0 Å². The summed E-state index contributed by atoms with van der Waals surface area (Å²) in [7, 11) is 0. The molecular weight excluding hydrogens is 358 g/mol. The molecule has 6 nitrogen and oxygen atoms in total. The van der Waals surface area contributed by atoms with Crippen LogP contribution in [0.3, 0.4) is 0 Å². The van der Waals surface area contributed by atoms with Crippen molar-refractivity contribution in [1.29, 1.82) is 0 Å². The van der Waals surface area contributed by atoms with Crippen molar-refractivity contribution in [2.75, 3.05) is 0 Å². The Morgan fingerprint density at radius 2 is 2.29 bits per heavy atom. The zero-order valence-electron chi connectivity index (χ0n) is 11.6. The minimum atomic E-state index is -0.689. The molecule has 1 saturated heterocycles. The Bertz CT molecular complexity index is 626. The third kappa shape index (κ3) is 3.56. The lowest BCUT2D eigenvalue weighted by molar-refractivity contribution is -0.138. The van der Waals surface area contributed by atoms with Gasteiger partial charge in [0, 0.05) is 11.3 Å². The van der Waals surface area contributed by atoms with E-state index in [-0.39, 0.29) is 12.3 Å². The fourth-order valence-corrected chi connectivity index (χ4v) is 3.72. The maximum atomic E-state index is 11.8. The molecule has 112 valence electrons. The van der Waals surface area contributed by atoms with E-state index in [1.807, 2.05) is 13.0 Å². The van der Waals surface area contributed by atoms with Gasteiger partial charge in [-0.1, -0.05) is 0 Å². The van der Waals surface area contributed by atoms with E-state index in [0.717, 1.165) is 14.4 Å². The molecule has 1 atom stereocenters. The van der Waals surface area contributed by atoms with Crippen LogP contribution in [0.15, 0.2) is 14.8 Å². The van der Waals surface area contributed by atoms with Crippen molar-refractivity contribution in [3.63, 3.8) is 0 Å². The summed E-state index contributed by atoms with van der Waals surface area (Å²) in [4.78, 5) is 41.0. The Balaban J connectivity index is 2.24. The predicted octanol–water partition coefficient (Wildman–Crippen LogP) is 2.13. The van der Waals surface area contributed by atoms with Gasteiger partial charge in [0.05, 0.1) is 9.47 Å². The normalized spacial score (nSPS) is 19.4. The quantitative estimate of drug-likeness (QED) is 0.382. The minimum Gasteiger partial charge on any atom is -0.295 e. The van der Waals surface area contributed by atoms with Crippen molar-refractivity contribution in [3.05, 3.63) is 14.7 Å². The smallest absolute Gasteiger partial charge is 0.249 e. The average molecular weight is 372 g/mol. The van der Waals surface area contributed by atoms with E-state index in [9.17, 15) is 14.4 Å². The Kier molecular flexibility index (Phi) is 4.89. The van der Waals surface area contributed by atoms with E-state index in [1.54, 1.807) is 18.3 Å². The van der Waals surface area contributed by atoms with Gasteiger partial charge in [-0.25, -0.2) is 4.99 Å². The molecule has 8 heteroatoms. The number of nitrogens with one attached hydrogen (secondary N) is 1. The highest BCUT2D eigenvalue weighted by molar-refractivity contribution is 9.11. The second-order valence-electron chi connectivity index (χ2n) is 4.63. The highest BCUT2D eigenvalue weighted by Gasteiger charge is 2.32. The highest BCUT2D eigenvalue weighted by Crippen LogP contribution is 2.32. The van der Waals surface area contributed by atoms with Crippen LogP contribution in [-0.4, -0.2) is 35.0 Å². The molecule has 1 aliphatic heterocycles. The first-order chi connectivity index (χ1) is 9.92. The summed E-state index contributed by atoms with van der Waals surface area (Å²) in [5, 5.41) is 2.24. The third-order valence-corrected chi connectivity index (χ3v) is 4.72. The number of thiophene rings is 1. The van der Waals surface area contributed by atoms with Crippen LogP contribution in [0.4, 0.5) is 5.69 Å². The summed E-state index contributed by atoms with van der Waals surface area (Å²) in [6, 6.07) is 1.17. The Hall–Kier alpha value is -1.54. The summed E-state index contributed by atoms with van der Waals surface area (Å²) in [5.74, 6) is -0.349. The van der Waals surface area contributed by atoms with Crippen LogP contribution >= 0.6 is 27.3 Å². The number of carbonyl (C=O) groups is 3. The van der Waals surface area contributed by atoms with E-state index in [0.29, 0.717) is 18.7 Å². The molecule has 0 bridgehead atoms. The van der Waals surface area contributed by atoms with Crippen LogP contribution in [0, 0.1) is 6.92 Å². The molecule has 0 aromatic carbocycles. The van der Waals surface area contributed by atoms with Crippen molar-refractivity contribution in [2.24, 2.45) is 4.99 Å². The lowest BCUT2D eigenvalue weighted by atomic mass is 10.0. The summed E-state index contributed by atoms with van der Waals surface area (Å²) in [5.41, 5.74) is 0.753. The number of imide groups is 1. The number of piperidine rings is 1. The maximum Gasteiger partial charge on any atom is 0.249 e. The van der Waals surface area contributed by atoms with Crippen molar-refractivity contribution in [2.45, 2.75) is 32.7 Å². The fraction of sp³-hybridized carbons (Fsp3) is 0.385. The molecule has 0 saturated carbocycles. The van der Waals surface area contributed by atoms with Crippen LogP contribution < -0.4 is 5.32 Å². The third-order valence-electron chi connectivity index (χ3n) is 3.18. The van der Waals surface area contributed by atoms with Crippen molar-refractivity contribution < 1.29 is 14.4 Å². The molecule has 2 heterocycles. The largest absolute Gasteiger partial charge is 0.295 e. The molecule has 1 N–H and O–H groups in total. The fourth-order valence-electron chi connectivity index (χ4n) is 2.10. The number of rotatable bonds is 3. The van der Waals surface area contributed by atoms with Crippen molar-refractivity contribution in [3.8, 4) is 0 Å². The molecule has 1 aliphatic rings. The van der Waals surface area contributed by atoms with E-state index in [1.165, 1.54) is 4.90 Å². The molecule has 0 radical (unpaired) electrons. The second kappa shape index (κ2) is 6.48. The van der Waals surface area contributed by atoms with Crippen molar-refractivity contribution >= 4 is 57.0 Å². The first-order valence-electron chi connectivity index (χ1n) is 6.31. The van der Waals surface area contributed by atoms with Gasteiger partial charge in [-0.15, -0.1) is 11.3 Å². The number of carbonyl (C=O) groups excluding carboxylic acids is 3.